The molecule has 1 aromatic rings. The first-order chi connectivity index (χ1) is 17.5. The summed E-state index contributed by atoms with van der Waals surface area (Å²) in [6, 6.07) is 3.16. The highest BCUT2D eigenvalue weighted by molar-refractivity contribution is 7.99. The van der Waals surface area contributed by atoms with E-state index in [4.69, 9.17) is 9.47 Å². The Bertz CT molecular complexity index is 1030. The monoisotopic (exact) mass is 549 g/mol. The smallest absolute Gasteiger partial charge is 0.410 e. The topological polar surface area (TPSA) is 113 Å². The minimum Gasteiger partial charge on any atom is -0.410 e. The zero-order valence-corrected chi connectivity index (χ0v) is 21.5. The fraction of sp³-hybridized carbons (Fsp3) is 0.565. The molecular formula is C23H32F3N4O6S+. The molecule has 2 unspecified atom stereocenters. The maximum absolute atomic E-state index is 13.1. The third-order valence-corrected chi connectivity index (χ3v) is 7.36. The highest BCUT2D eigenvalue weighted by Gasteiger charge is 2.43. The standard InChI is InChI=1S/C23H31F3N4O6S/c1-3-4-11-34-16-35-15-28-37(32,33)21-8-6-18(36-23(24,25)26)12-19(21)20-7-5-17(13-27-20)14-30-10-9-29(2)22(30)31/h5-8,13,19H,3-4,9-12,14-16H2,1-2H3,(H-,28,32,33)/p+1. The Labute approximate surface area is 214 Å². The number of unbranched alkanes of at least 4 members (excludes halogenated alkanes) is 1. The van der Waals surface area contributed by atoms with E-state index >= 15 is 0 Å². The number of carbonyl (C=O) groups is 1. The van der Waals surface area contributed by atoms with Crippen LogP contribution in [0.5, 0.6) is 0 Å². The van der Waals surface area contributed by atoms with Gasteiger partial charge in [-0.1, -0.05) is 24.1 Å². The van der Waals surface area contributed by atoms with E-state index < -0.39 is 28.4 Å². The molecule has 1 fully saturated rings. The van der Waals surface area contributed by atoms with Crippen LogP contribution in [0.1, 0.15) is 43.4 Å². The van der Waals surface area contributed by atoms with Gasteiger partial charge in [0.15, 0.2) is 4.91 Å². The number of hydrogen-bond acceptors (Lipinski definition) is 6. The summed E-state index contributed by atoms with van der Waals surface area (Å²) in [6.45, 7) is 3.62. The first-order valence-electron chi connectivity index (χ1n) is 11.8. The van der Waals surface area contributed by atoms with Crippen molar-refractivity contribution in [2.24, 2.45) is 0 Å². The average molecular weight is 550 g/mol. The van der Waals surface area contributed by atoms with Crippen LogP contribution >= 0.6 is 0 Å². The number of nitrogens with zero attached hydrogens (tertiary/aromatic N) is 3. The molecule has 2 heterocycles. The second-order valence-corrected chi connectivity index (χ2v) is 10.4. The van der Waals surface area contributed by atoms with Crippen LogP contribution in [0.15, 0.2) is 41.1 Å². The number of likely N-dealkylation sites (N-methyl/N-ethyl adjacent to an activating group) is 1. The van der Waals surface area contributed by atoms with Crippen molar-refractivity contribution >= 4 is 16.4 Å². The Morgan fingerprint density at radius 3 is 2.65 bits per heavy atom. The number of allylic oxidation sites excluding steroid dienone is 4. The number of hydrogen-bond donors (Lipinski definition) is 2. The molecule has 1 aliphatic carbocycles. The van der Waals surface area contributed by atoms with E-state index in [9.17, 15) is 26.7 Å². The predicted molar refractivity (Wildman–Crippen MR) is 129 cm³/mol. The molecule has 2 aliphatic rings. The molecule has 1 aliphatic heterocycles. The van der Waals surface area contributed by atoms with Crippen LogP contribution in [0.4, 0.5) is 18.0 Å². The van der Waals surface area contributed by atoms with Gasteiger partial charge in [-0.2, -0.15) is 4.55 Å². The van der Waals surface area contributed by atoms with Crippen molar-refractivity contribution in [1.29, 1.82) is 0 Å². The van der Waals surface area contributed by atoms with Gasteiger partial charge in [-0.25, -0.2) is 4.79 Å². The van der Waals surface area contributed by atoms with Crippen molar-refractivity contribution in [2.45, 2.75) is 45.0 Å². The number of rotatable bonds is 13. The molecule has 14 heteroatoms. The van der Waals surface area contributed by atoms with Crippen LogP contribution in [0.3, 0.4) is 0 Å². The zero-order valence-electron chi connectivity index (χ0n) is 20.7. The van der Waals surface area contributed by atoms with Crippen molar-refractivity contribution in [2.75, 3.05) is 40.3 Å². The molecule has 37 heavy (non-hydrogen) atoms. The molecule has 10 nitrogen and oxygen atoms in total. The number of amides is 2. The highest BCUT2D eigenvalue weighted by atomic mass is 32.3. The van der Waals surface area contributed by atoms with Gasteiger partial charge in [0.2, 0.25) is 0 Å². The van der Waals surface area contributed by atoms with E-state index in [2.05, 4.69) is 14.4 Å². The van der Waals surface area contributed by atoms with Gasteiger partial charge in [0.1, 0.15) is 19.3 Å². The minimum absolute atomic E-state index is 0.0610. The third-order valence-electron chi connectivity index (χ3n) is 5.79. The lowest BCUT2D eigenvalue weighted by atomic mass is 9.94. The molecule has 1 aromatic heterocycles. The van der Waals surface area contributed by atoms with Crippen molar-refractivity contribution in [3.05, 3.63) is 52.4 Å². The number of halogens is 3. The Morgan fingerprint density at radius 1 is 1.24 bits per heavy atom. The number of urea groups is 1. The molecule has 0 radical (unpaired) electrons. The van der Waals surface area contributed by atoms with E-state index in [1.54, 1.807) is 29.0 Å². The van der Waals surface area contributed by atoms with E-state index in [0.717, 1.165) is 30.6 Å². The molecule has 2 amide bonds. The van der Waals surface area contributed by atoms with Crippen LogP contribution in [0, 0.1) is 0 Å². The molecule has 0 bridgehead atoms. The lowest BCUT2D eigenvalue weighted by Gasteiger charge is -2.23. The molecule has 0 aromatic carbocycles. The van der Waals surface area contributed by atoms with Crippen molar-refractivity contribution < 1.29 is 40.9 Å². The average Bonchev–Trinajstić information content (AvgIpc) is 3.15. The highest BCUT2D eigenvalue weighted by Crippen LogP contribution is 2.39. The van der Waals surface area contributed by atoms with Gasteiger partial charge >= 0.3 is 22.8 Å². The molecule has 0 spiro atoms. The summed E-state index contributed by atoms with van der Waals surface area (Å²) in [4.78, 5) is 19.7. The fourth-order valence-corrected chi connectivity index (χ4v) is 5.09. The van der Waals surface area contributed by atoms with Gasteiger partial charge in [0, 0.05) is 45.9 Å². The van der Waals surface area contributed by atoms with Crippen LogP contribution in [-0.4, -0.2) is 72.0 Å². The normalized spacial score (nSPS) is 20.1. The SMILES string of the molecule is CCCCOCOCN[S+](=O)(O)C1=CC=C(OC(F)(F)F)CC1c1ccc(CN2CCN(C)C2=O)cn1. The Balaban J connectivity index is 1.72. The van der Waals surface area contributed by atoms with Gasteiger partial charge in [-0.05, 0) is 34.4 Å². The van der Waals surface area contributed by atoms with E-state index in [1.807, 2.05) is 6.92 Å². The van der Waals surface area contributed by atoms with Crippen LogP contribution in [0.25, 0.3) is 0 Å². The number of pyridine rings is 1. The first-order valence-corrected chi connectivity index (χ1v) is 13.3. The number of alkyl halides is 3. The van der Waals surface area contributed by atoms with Gasteiger partial charge < -0.3 is 24.0 Å². The number of aromatic nitrogens is 1. The second-order valence-electron chi connectivity index (χ2n) is 8.62. The molecule has 3 rings (SSSR count). The van der Waals surface area contributed by atoms with Gasteiger partial charge in [0.25, 0.3) is 0 Å². The zero-order chi connectivity index (χ0) is 27.1. The number of nitrogens with one attached hydrogen (secondary N) is 1. The summed E-state index contributed by atoms with van der Waals surface area (Å²) in [6.07, 6.45) is 0.241. The Morgan fingerprint density at radius 2 is 2.03 bits per heavy atom. The lowest BCUT2D eigenvalue weighted by Crippen LogP contribution is -2.36. The summed E-state index contributed by atoms with van der Waals surface area (Å²) in [5, 5.41) is 0. The van der Waals surface area contributed by atoms with Crippen molar-refractivity contribution in [1.82, 2.24) is 19.5 Å². The third kappa shape index (κ3) is 8.50. The largest absolute Gasteiger partial charge is 0.572 e. The van der Waals surface area contributed by atoms with Gasteiger partial charge in [-0.15, -0.1) is 13.2 Å². The first kappa shape index (κ1) is 29.0. The maximum Gasteiger partial charge on any atom is 0.572 e. The van der Waals surface area contributed by atoms with Crippen LogP contribution in [0.2, 0.25) is 0 Å². The van der Waals surface area contributed by atoms with E-state index in [0.29, 0.717) is 26.2 Å². The Kier molecular flexibility index (Phi) is 10.1. The minimum atomic E-state index is -4.90. The van der Waals surface area contributed by atoms with Crippen molar-refractivity contribution in [3.63, 3.8) is 0 Å². The molecular weight excluding hydrogens is 517 g/mol. The molecule has 0 saturated carbocycles. The van der Waals surface area contributed by atoms with E-state index in [1.165, 1.54) is 6.20 Å². The predicted octanol–water partition coefficient (Wildman–Crippen LogP) is 3.97. The summed E-state index contributed by atoms with van der Waals surface area (Å²) in [7, 11) is -2.18. The summed E-state index contributed by atoms with van der Waals surface area (Å²) in [5.41, 5.74) is 0.999. The van der Waals surface area contributed by atoms with Crippen LogP contribution in [-0.2, 0) is 35.4 Å². The van der Waals surface area contributed by atoms with Gasteiger partial charge in [0.05, 0.1) is 11.6 Å². The maximum atomic E-state index is 13.1. The molecule has 2 atom stereocenters. The quantitative estimate of drug-likeness (QED) is 0.218. The fourth-order valence-electron chi connectivity index (χ4n) is 3.84. The molecule has 2 N–H and O–H groups in total. The lowest BCUT2D eigenvalue weighted by molar-refractivity contribution is -0.306. The second kappa shape index (κ2) is 12.8. The summed E-state index contributed by atoms with van der Waals surface area (Å²) >= 11 is 0. The van der Waals surface area contributed by atoms with Gasteiger partial charge in [-0.3, -0.25) is 4.98 Å². The van der Waals surface area contributed by atoms with Crippen molar-refractivity contribution in [3.8, 4) is 0 Å². The number of carbonyl (C=O) groups excluding carboxylic acids is 1. The van der Waals surface area contributed by atoms with E-state index in [-0.39, 0.29) is 36.6 Å². The summed E-state index contributed by atoms with van der Waals surface area (Å²) < 4.78 is 79.2. The number of ether oxygens (including phenoxy) is 3. The Hall–Kier alpha value is -2.52. The molecule has 1 saturated heterocycles. The summed E-state index contributed by atoms with van der Waals surface area (Å²) in [5.74, 6) is -1.38. The van der Waals surface area contributed by atoms with Crippen LogP contribution < -0.4 is 4.72 Å². The molecule has 206 valence electrons.